The predicted molar refractivity (Wildman–Crippen MR) is 51.4 cm³/mol. The molecule has 5 heteroatoms. The minimum Gasteiger partial charge on any atom is -0.312 e. The summed E-state index contributed by atoms with van der Waals surface area (Å²) in [7, 11) is 0. The molecule has 0 bridgehead atoms. The maximum atomic E-state index is 11.6. The lowest BCUT2D eigenvalue weighted by molar-refractivity contribution is -0.323. The van der Waals surface area contributed by atoms with Gasteiger partial charge in [-0.2, -0.15) is 0 Å². The van der Waals surface area contributed by atoms with Crippen molar-refractivity contribution < 1.29 is 17.9 Å². The Balaban J connectivity index is 2.04. The number of halogens is 3. The Labute approximate surface area is 88.2 Å². The first-order valence-electron chi connectivity index (χ1n) is 5.43. The van der Waals surface area contributed by atoms with E-state index in [0.717, 1.165) is 0 Å². The molecule has 0 aliphatic heterocycles. The van der Waals surface area contributed by atoms with Gasteiger partial charge in [-0.3, -0.25) is 4.74 Å². The van der Waals surface area contributed by atoms with Crippen molar-refractivity contribution in [3.8, 4) is 0 Å². The minimum atomic E-state index is -4.50. The first-order chi connectivity index (χ1) is 6.99. The van der Waals surface area contributed by atoms with Crippen LogP contribution in [0.25, 0.3) is 0 Å². The van der Waals surface area contributed by atoms with Gasteiger partial charge in [-0.1, -0.05) is 12.8 Å². The molecular weight excluding hydrogens is 207 g/mol. The highest BCUT2D eigenvalue weighted by Gasteiger charge is 2.28. The third-order valence-electron chi connectivity index (χ3n) is 2.94. The van der Waals surface area contributed by atoms with Gasteiger partial charge < -0.3 is 5.32 Å². The van der Waals surface area contributed by atoms with Gasteiger partial charge in [0.1, 0.15) is 0 Å². The standard InChI is InChI=1S/C10H18F3NO/c1-8(9-4-2-3-5-9)14-6-7-15-10(11,12)13/h8-9,14H,2-7H2,1H3/t8-/m0/s1. The summed E-state index contributed by atoms with van der Waals surface area (Å²) in [6, 6.07) is 0.296. The Morgan fingerprint density at radius 1 is 1.33 bits per heavy atom. The largest absolute Gasteiger partial charge is 0.522 e. The van der Waals surface area contributed by atoms with Crippen molar-refractivity contribution in [3.63, 3.8) is 0 Å². The highest BCUT2D eigenvalue weighted by Crippen LogP contribution is 2.27. The fourth-order valence-corrected chi connectivity index (χ4v) is 2.08. The molecule has 0 spiro atoms. The van der Waals surface area contributed by atoms with E-state index in [0.29, 0.717) is 12.0 Å². The third-order valence-corrected chi connectivity index (χ3v) is 2.94. The van der Waals surface area contributed by atoms with E-state index in [4.69, 9.17) is 0 Å². The van der Waals surface area contributed by atoms with Crippen LogP contribution >= 0.6 is 0 Å². The van der Waals surface area contributed by atoms with Crippen LogP contribution in [0.4, 0.5) is 13.2 Å². The molecule has 1 N–H and O–H groups in total. The Hall–Kier alpha value is -0.290. The zero-order valence-electron chi connectivity index (χ0n) is 8.94. The summed E-state index contributed by atoms with van der Waals surface area (Å²) >= 11 is 0. The van der Waals surface area contributed by atoms with Gasteiger partial charge in [0.25, 0.3) is 0 Å². The van der Waals surface area contributed by atoms with E-state index < -0.39 is 6.36 Å². The molecule has 0 aromatic carbocycles. The molecule has 15 heavy (non-hydrogen) atoms. The van der Waals surface area contributed by atoms with Crippen LogP contribution in [0.5, 0.6) is 0 Å². The van der Waals surface area contributed by atoms with Crippen LogP contribution in [0.3, 0.4) is 0 Å². The van der Waals surface area contributed by atoms with E-state index in [1.54, 1.807) is 0 Å². The summed E-state index contributed by atoms with van der Waals surface area (Å²) in [5.41, 5.74) is 0. The highest BCUT2D eigenvalue weighted by atomic mass is 19.4. The second-order valence-corrected chi connectivity index (χ2v) is 4.08. The monoisotopic (exact) mass is 225 g/mol. The highest BCUT2D eigenvalue weighted by molar-refractivity contribution is 4.76. The molecule has 1 fully saturated rings. The van der Waals surface area contributed by atoms with Crippen molar-refractivity contribution in [2.24, 2.45) is 5.92 Å². The van der Waals surface area contributed by atoms with Gasteiger partial charge in [-0.25, -0.2) is 0 Å². The second kappa shape index (κ2) is 5.70. The van der Waals surface area contributed by atoms with Crippen molar-refractivity contribution in [1.29, 1.82) is 0 Å². The Kier molecular flexibility index (Phi) is 4.86. The average Bonchev–Trinajstić information content (AvgIpc) is 2.63. The zero-order chi connectivity index (χ0) is 11.3. The van der Waals surface area contributed by atoms with E-state index in [1.165, 1.54) is 25.7 Å². The quantitative estimate of drug-likeness (QED) is 0.726. The van der Waals surface area contributed by atoms with E-state index in [9.17, 15) is 13.2 Å². The molecule has 1 saturated carbocycles. The molecule has 0 aromatic rings. The summed E-state index contributed by atoms with van der Waals surface area (Å²) in [4.78, 5) is 0. The number of ether oxygens (including phenoxy) is 1. The van der Waals surface area contributed by atoms with Crippen LogP contribution in [0.15, 0.2) is 0 Å². The first-order valence-corrected chi connectivity index (χ1v) is 5.43. The van der Waals surface area contributed by atoms with Crippen LogP contribution in [-0.4, -0.2) is 25.6 Å². The van der Waals surface area contributed by atoms with Crippen molar-refractivity contribution >= 4 is 0 Å². The Morgan fingerprint density at radius 2 is 1.93 bits per heavy atom. The molecule has 0 aromatic heterocycles. The summed E-state index contributed by atoms with van der Waals surface area (Å²) in [6.45, 7) is 1.99. The van der Waals surface area contributed by atoms with Crippen LogP contribution in [0, 0.1) is 5.92 Å². The number of nitrogens with one attached hydrogen (secondary N) is 1. The number of rotatable bonds is 5. The van der Waals surface area contributed by atoms with Crippen LogP contribution in [-0.2, 0) is 4.74 Å². The van der Waals surface area contributed by atoms with Gasteiger partial charge in [0.2, 0.25) is 0 Å². The van der Waals surface area contributed by atoms with Crippen LogP contribution < -0.4 is 5.32 Å². The second-order valence-electron chi connectivity index (χ2n) is 4.08. The minimum absolute atomic E-state index is 0.261. The molecule has 1 atom stereocenters. The Morgan fingerprint density at radius 3 is 2.47 bits per heavy atom. The normalized spacial score (nSPS) is 20.8. The smallest absolute Gasteiger partial charge is 0.312 e. The van der Waals surface area contributed by atoms with Gasteiger partial charge in [0, 0.05) is 12.6 Å². The van der Waals surface area contributed by atoms with E-state index >= 15 is 0 Å². The molecule has 1 aliphatic carbocycles. The number of alkyl halides is 3. The number of hydrogen-bond donors (Lipinski definition) is 1. The summed E-state index contributed by atoms with van der Waals surface area (Å²) in [6.07, 6.45) is 0.367. The molecular formula is C10H18F3NO. The summed E-state index contributed by atoms with van der Waals surface area (Å²) in [5, 5.41) is 3.07. The maximum Gasteiger partial charge on any atom is 0.522 e. The third kappa shape index (κ3) is 5.37. The van der Waals surface area contributed by atoms with E-state index in [1.807, 2.05) is 6.92 Å². The molecule has 2 nitrogen and oxygen atoms in total. The molecule has 0 saturated heterocycles. The molecule has 0 heterocycles. The maximum absolute atomic E-state index is 11.6. The zero-order valence-corrected chi connectivity index (χ0v) is 8.94. The van der Waals surface area contributed by atoms with Gasteiger partial charge >= 0.3 is 6.36 Å². The molecule has 0 amide bonds. The van der Waals surface area contributed by atoms with Crippen LogP contribution in [0.1, 0.15) is 32.6 Å². The van der Waals surface area contributed by atoms with Crippen molar-refractivity contribution in [2.45, 2.75) is 45.0 Å². The SMILES string of the molecule is C[C@H](NCCOC(F)(F)F)C1CCCC1. The average molecular weight is 225 g/mol. The van der Waals surface area contributed by atoms with Crippen molar-refractivity contribution in [2.75, 3.05) is 13.2 Å². The van der Waals surface area contributed by atoms with Crippen LogP contribution in [0.2, 0.25) is 0 Å². The lowest BCUT2D eigenvalue weighted by Crippen LogP contribution is -2.35. The van der Waals surface area contributed by atoms with Gasteiger partial charge in [0.05, 0.1) is 6.61 Å². The topological polar surface area (TPSA) is 21.3 Å². The van der Waals surface area contributed by atoms with Gasteiger partial charge in [0.15, 0.2) is 0 Å². The molecule has 0 unspecified atom stereocenters. The van der Waals surface area contributed by atoms with Gasteiger partial charge in [-0.05, 0) is 25.7 Å². The lowest BCUT2D eigenvalue weighted by Gasteiger charge is -2.20. The molecule has 90 valence electrons. The fraction of sp³-hybridized carbons (Fsp3) is 1.00. The van der Waals surface area contributed by atoms with Crippen molar-refractivity contribution in [1.82, 2.24) is 5.32 Å². The fourth-order valence-electron chi connectivity index (χ4n) is 2.08. The number of hydrogen-bond acceptors (Lipinski definition) is 2. The van der Waals surface area contributed by atoms with E-state index in [2.05, 4.69) is 10.1 Å². The molecule has 1 rings (SSSR count). The lowest BCUT2D eigenvalue weighted by atomic mass is 10.00. The van der Waals surface area contributed by atoms with E-state index in [-0.39, 0.29) is 13.2 Å². The Bertz CT molecular complexity index is 178. The summed E-state index contributed by atoms with van der Waals surface area (Å²) in [5.74, 6) is 0.621. The first kappa shape index (κ1) is 12.8. The van der Waals surface area contributed by atoms with Crippen molar-refractivity contribution in [3.05, 3.63) is 0 Å². The molecule has 0 radical (unpaired) electrons. The molecule has 1 aliphatic rings. The summed E-state index contributed by atoms with van der Waals surface area (Å²) < 4.78 is 38.6. The predicted octanol–water partition coefficient (Wildman–Crippen LogP) is 2.69. The van der Waals surface area contributed by atoms with Gasteiger partial charge in [-0.15, -0.1) is 13.2 Å².